The van der Waals surface area contributed by atoms with E-state index in [-0.39, 0.29) is 5.82 Å². The quantitative estimate of drug-likeness (QED) is 0.935. The smallest absolute Gasteiger partial charge is 0.124 e. The van der Waals surface area contributed by atoms with Crippen LogP contribution in [0.5, 0.6) is 0 Å². The molecule has 2 heterocycles. The van der Waals surface area contributed by atoms with Gasteiger partial charge in [-0.1, -0.05) is 0 Å². The Balaban J connectivity index is 1.56. The first-order valence-corrected chi connectivity index (χ1v) is 7.50. The van der Waals surface area contributed by atoms with Crippen LogP contribution in [-0.2, 0) is 11.2 Å². The lowest BCUT2D eigenvalue weighted by Crippen LogP contribution is -2.32. The molecule has 1 saturated heterocycles. The number of nitrogens with one attached hydrogen (secondary N) is 1. The number of ether oxygens (including phenoxy) is 1. The summed E-state index contributed by atoms with van der Waals surface area (Å²) in [6, 6.07) is 4.74. The van der Waals surface area contributed by atoms with Crippen molar-refractivity contribution in [1.82, 2.24) is 10.3 Å². The lowest BCUT2D eigenvalue weighted by molar-refractivity contribution is 0.0349. The molecule has 0 amide bonds. The number of rotatable bonds is 4. The molecule has 1 aromatic heterocycles. The Labute approximate surface area is 115 Å². The summed E-state index contributed by atoms with van der Waals surface area (Å²) in [5.74, 6) is -0.200. The third-order valence-corrected chi connectivity index (χ3v) is 4.43. The molecule has 3 nitrogen and oxygen atoms in total. The maximum Gasteiger partial charge on any atom is 0.124 e. The SMILES string of the molecule is Fc1ccc2nc(CCOC3CCNCC3)sc2c1. The number of hydrogen-bond acceptors (Lipinski definition) is 4. The molecule has 19 heavy (non-hydrogen) atoms. The molecule has 1 N–H and O–H groups in total. The van der Waals surface area contributed by atoms with Gasteiger partial charge in [0.1, 0.15) is 5.82 Å². The van der Waals surface area contributed by atoms with Gasteiger partial charge in [-0.05, 0) is 44.1 Å². The second kappa shape index (κ2) is 5.94. The van der Waals surface area contributed by atoms with E-state index in [0.29, 0.717) is 12.7 Å². The van der Waals surface area contributed by atoms with Crippen LogP contribution in [-0.4, -0.2) is 30.8 Å². The first-order valence-electron chi connectivity index (χ1n) is 6.68. The molecular formula is C14H17FN2OS. The van der Waals surface area contributed by atoms with Crippen LogP contribution < -0.4 is 5.32 Å². The molecule has 5 heteroatoms. The largest absolute Gasteiger partial charge is 0.378 e. The minimum Gasteiger partial charge on any atom is -0.378 e. The number of aromatic nitrogens is 1. The summed E-state index contributed by atoms with van der Waals surface area (Å²) in [4.78, 5) is 4.50. The predicted molar refractivity (Wildman–Crippen MR) is 75.1 cm³/mol. The van der Waals surface area contributed by atoms with Crippen molar-refractivity contribution in [2.75, 3.05) is 19.7 Å². The van der Waals surface area contributed by atoms with E-state index in [9.17, 15) is 4.39 Å². The highest BCUT2D eigenvalue weighted by Crippen LogP contribution is 2.23. The first-order chi connectivity index (χ1) is 9.31. The highest BCUT2D eigenvalue weighted by molar-refractivity contribution is 7.18. The van der Waals surface area contributed by atoms with E-state index in [0.717, 1.165) is 47.6 Å². The van der Waals surface area contributed by atoms with Gasteiger partial charge >= 0.3 is 0 Å². The van der Waals surface area contributed by atoms with E-state index < -0.39 is 0 Å². The summed E-state index contributed by atoms with van der Waals surface area (Å²) in [6.07, 6.45) is 3.37. The molecule has 0 aliphatic carbocycles. The zero-order valence-corrected chi connectivity index (χ0v) is 11.5. The van der Waals surface area contributed by atoms with Crippen LogP contribution in [0, 0.1) is 5.82 Å². The Bertz CT molecular complexity index is 551. The van der Waals surface area contributed by atoms with Crippen molar-refractivity contribution in [3.8, 4) is 0 Å². The highest BCUT2D eigenvalue weighted by atomic mass is 32.1. The fourth-order valence-corrected chi connectivity index (χ4v) is 3.30. The Morgan fingerprint density at radius 3 is 3.05 bits per heavy atom. The van der Waals surface area contributed by atoms with Crippen molar-refractivity contribution in [2.24, 2.45) is 0 Å². The molecule has 1 aliphatic heterocycles. The molecule has 1 aliphatic rings. The van der Waals surface area contributed by atoms with E-state index in [1.165, 1.54) is 6.07 Å². The Morgan fingerprint density at radius 2 is 2.21 bits per heavy atom. The standard InChI is InChI=1S/C14H17FN2OS/c15-10-1-2-12-13(9-10)19-14(17-12)5-8-18-11-3-6-16-7-4-11/h1-2,9,11,16H,3-8H2. The van der Waals surface area contributed by atoms with Crippen LogP contribution >= 0.6 is 11.3 Å². The van der Waals surface area contributed by atoms with Crippen molar-refractivity contribution < 1.29 is 9.13 Å². The second-order valence-electron chi connectivity index (χ2n) is 4.79. The average molecular weight is 280 g/mol. The van der Waals surface area contributed by atoms with Gasteiger partial charge in [0.05, 0.1) is 27.9 Å². The van der Waals surface area contributed by atoms with Gasteiger partial charge in [0.25, 0.3) is 0 Å². The zero-order chi connectivity index (χ0) is 13.1. The fourth-order valence-electron chi connectivity index (χ4n) is 2.33. The molecule has 1 aromatic carbocycles. The van der Waals surface area contributed by atoms with Gasteiger partial charge in [0, 0.05) is 6.42 Å². The zero-order valence-electron chi connectivity index (χ0n) is 10.7. The van der Waals surface area contributed by atoms with Crippen LogP contribution in [0.2, 0.25) is 0 Å². The number of thiazole rings is 1. The molecule has 1 fully saturated rings. The number of halogens is 1. The molecule has 0 bridgehead atoms. The van der Waals surface area contributed by atoms with Crippen LogP contribution in [0.3, 0.4) is 0 Å². The van der Waals surface area contributed by atoms with Gasteiger partial charge in [-0.2, -0.15) is 0 Å². The van der Waals surface area contributed by atoms with Crippen molar-refractivity contribution in [3.05, 3.63) is 29.0 Å². The molecule has 102 valence electrons. The van der Waals surface area contributed by atoms with Gasteiger partial charge in [-0.3, -0.25) is 0 Å². The topological polar surface area (TPSA) is 34.1 Å². The molecule has 0 radical (unpaired) electrons. The summed E-state index contributed by atoms with van der Waals surface area (Å²) in [5, 5.41) is 4.34. The average Bonchev–Trinajstić information content (AvgIpc) is 2.82. The van der Waals surface area contributed by atoms with Gasteiger partial charge < -0.3 is 10.1 Å². The van der Waals surface area contributed by atoms with Gasteiger partial charge in [0.15, 0.2) is 0 Å². The normalized spacial score (nSPS) is 17.1. The molecular weight excluding hydrogens is 263 g/mol. The summed E-state index contributed by atoms with van der Waals surface area (Å²) in [7, 11) is 0. The summed E-state index contributed by atoms with van der Waals surface area (Å²) < 4.78 is 19.9. The maximum atomic E-state index is 13.1. The van der Waals surface area contributed by atoms with E-state index in [2.05, 4.69) is 10.3 Å². The van der Waals surface area contributed by atoms with Gasteiger partial charge in [0.2, 0.25) is 0 Å². The number of fused-ring (bicyclic) bond motifs is 1. The van der Waals surface area contributed by atoms with Crippen LogP contribution in [0.1, 0.15) is 17.8 Å². The fraction of sp³-hybridized carbons (Fsp3) is 0.500. The third-order valence-electron chi connectivity index (χ3n) is 3.35. The number of piperidine rings is 1. The molecule has 0 unspecified atom stereocenters. The number of nitrogens with zero attached hydrogens (tertiary/aromatic N) is 1. The lowest BCUT2D eigenvalue weighted by Gasteiger charge is -2.22. The molecule has 0 spiro atoms. The summed E-state index contributed by atoms with van der Waals surface area (Å²) >= 11 is 1.55. The van der Waals surface area contributed by atoms with E-state index in [1.54, 1.807) is 23.5 Å². The highest BCUT2D eigenvalue weighted by Gasteiger charge is 2.13. The van der Waals surface area contributed by atoms with Crippen molar-refractivity contribution in [1.29, 1.82) is 0 Å². The molecule has 0 saturated carbocycles. The molecule has 2 aromatic rings. The second-order valence-corrected chi connectivity index (χ2v) is 5.91. The minimum absolute atomic E-state index is 0.200. The Kier molecular flexibility index (Phi) is 4.06. The number of hydrogen-bond donors (Lipinski definition) is 1. The van der Waals surface area contributed by atoms with Crippen LogP contribution in [0.4, 0.5) is 4.39 Å². The maximum absolute atomic E-state index is 13.1. The third kappa shape index (κ3) is 3.29. The lowest BCUT2D eigenvalue weighted by atomic mass is 10.1. The minimum atomic E-state index is -0.200. The molecule has 0 atom stereocenters. The Hall–Kier alpha value is -1.04. The van der Waals surface area contributed by atoms with E-state index in [1.807, 2.05) is 0 Å². The van der Waals surface area contributed by atoms with Gasteiger partial charge in [-0.25, -0.2) is 9.37 Å². The Morgan fingerprint density at radius 1 is 1.37 bits per heavy atom. The van der Waals surface area contributed by atoms with Crippen molar-refractivity contribution in [2.45, 2.75) is 25.4 Å². The number of benzene rings is 1. The monoisotopic (exact) mass is 280 g/mol. The predicted octanol–water partition coefficient (Wildman–Crippen LogP) is 2.75. The van der Waals surface area contributed by atoms with Crippen LogP contribution in [0.25, 0.3) is 10.2 Å². The van der Waals surface area contributed by atoms with Crippen molar-refractivity contribution in [3.63, 3.8) is 0 Å². The first kappa shape index (κ1) is 13.0. The van der Waals surface area contributed by atoms with Crippen molar-refractivity contribution >= 4 is 21.6 Å². The van der Waals surface area contributed by atoms with Crippen LogP contribution in [0.15, 0.2) is 18.2 Å². The van der Waals surface area contributed by atoms with Gasteiger partial charge in [-0.15, -0.1) is 11.3 Å². The summed E-state index contributed by atoms with van der Waals surface area (Å²) in [6.45, 7) is 2.79. The molecule has 3 rings (SSSR count). The van der Waals surface area contributed by atoms with E-state index in [4.69, 9.17) is 4.74 Å². The summed E-state index contributed by atoms with van der Waals surface area (Å²) in [5.41, 5.74) is 0.878. The van der Waals surface area contributed by atoms with E-state index >= 15 is 0 Å².